The number of pyridine rings is 1. The van der Waals surface area contributed by atoms with Gasteiger partial charge in [-0.05, 0) is 36.8 Å². The molecule has 2 N–H and O–H groups in total. The quantitative estimate of drug-likeness (QED) is 0.870. The molecule has 1 aromatic carbocycles. The topological polar surface area (TPSA) is 65.2 Å². The van der Waals surface area contributed by atoms with Crippen molar-refractivity contribution in [3.8, 4) is 5.88 Å². The number of nitrogen functional groups attached to an aromatic ring is 1. The maximum Gasteiger partial charge on any atom is 0.213 e. The third-order valence-electron chi connectivity index (χ3n) is 2.77. The Hall–Kier alpha value is -1.88. The molecule has 0 fully saturated rings. The summed E-state index contributed by atoms with van der Waals surface area (Å²) in [5.74, 6) is 0.892. The number of aryl methyl sites for hydroxylation is 1. The van der Waals surface area contributed by atoms with Crippen LogP contribution in [0.4, 0.5) is 5.69 Å². The highest BCUT2D eigenvalue weighted by Gasteiger charge is 2.08. The first-order valence-corrected chi connectivity index (χ1v) is 7.16. The Labute approximate surface area is 115 Å². The average molecular weight is 276 g/mol. The second-order valence-electron chi connectivity index (χ2n) is 4.18. The normalized spacial score (nSPS) is 12.1. The first kappa shape index (κ1) is 13.5. The molecular formula is C14H16N2O2S. The summed E-state index contributed by atoms with van der Waals surface area (Å²) in [5.41, 5.74) is 8.14. The van der Waals surface area contributed by atoms with Crippen molar-refractivity contribution >= 4 is 16.5 Å². The minimum Gasteiger partial charge on any atom is -0.481 e. The van der Waals surface area contributed by atoms with Crippen molar-refractivity contribution in [1.29, 1.82) is 0 Å². The lowest BCUT2D eigenvalue weighted by Crippen LogP contribution is -2.01. The minimum absolute atomic E-state index is 0.362. The molecule has 1 aromatic heterocycles. The van der Waals surface area contributed by atoms with Crippen molar-refractivity contribution in [2.75, 3.05) is 12.8 Å². The molecule has 0 bridgehead atoms. The minimum atomic E-state index is -1.14. The van der Waals surface area contributed by atoms with E-state index in [1.54, 1.807) is 25.3 Å². The zero-order valence-corrected chi connectivity index (χ0v) is 11.7. The van der Waals surface area contributed by atoms with Gasteiger partial charge in [0.25, 0.3) is 0 Å². The van der Waals surface area contributed by atoms with Gasteiger partial charge in [0, 0.05) is 16.6 Å². The molecule has 0 aliphatic heterocycles. The predicted molar refractivity (Wildman–Crippen MR) is 76.5 cm³/mol. The van der Waals surface area contributed by atoms with Gasteiger partial charge in [-0.25, -0.2) is 4.98 Å². The van der Waals surface area contributed by atoms with E-state index in [2.05, 4.69) is 4.98 Å². The summed E-state index contributed by atoms with van der Waals surface area (Å²) < 4.78 is 17.3. The Morgan fingerprint density at radius 1 is 1.32 bits per heavy atom. The number of nitrogens with zero attached hydrogens (tertiary/aromatic N) is 1. The van der Waals surface area contributed by atoms with Crippen LogP contribution in [0.25, 0.3) is 0 Å². The molecule has 0 aliphatic carbocycles. The molecular weight excluding hydrogens is 260 g/mol. The summed E-state index contributed by atoms with van der Waals surface area (Å²) in [7, 11) is 0.425. The first-order valence-electron chi connectivity index (χ1n) is 5.84. The standard InChI is InChI=1S/C14H16N2O2S/c1-10-8-12(6-7-13(10)15)19(17)9-11-4-3-5-14(16-11)18-2/h3-8H,9,15H2,1-2H3. The number of hydrogen-bond acceptors (Lipinski definition) is 4. The Bertz CT molecular complexity index is 614. The number of anilines is 1. The molecule has 19 heavy (non-hydrogen) atoms. The van der Waals surface area contributed by atoms with Crippen LogP contribution in [0.15, 0.2) is 41.3 Å². The van der Waals surface area contributed by atoms with Gasteiger partial charge in [0.05, 0.1) is 29.4 Å². The molecule has 1 heterocycles. The van der Waals surface area contributed by atoms with Crippen LogP contribution in [-0.4, -0.2) is 16.3 Å². The van der Waals surface area contributed by atoms with Gasteiger partial charge >= 0.3 is 0 Å². The smallest absolute Gasteiger partial charge is 0.213 e. The summed E-state index contributed by atoms with van der Waals surface area (Å²) in [6.07, 6.45) is 0. The lowest BCUT2D eigenvalue weighted by molar-refractivity contribution is 0.397. The van der Waals surface area contributed by atoms with Gasteiger partial charge in [0.2, 0.25) is 5.88 Å². The number of aromatic nitrogens is 1. The van der Waals surface area contributed by atoms with Crippen molar-refractivity contribution < 1.29 is 8.95 Å². The van der Waals surface area contributed by atoms with Crippen molar-refractivity contribution in [2.45, 2.75) is 17.6 Å². The van der Waals surface area contributed by atoms with E-state index >= 15 is 0 Å². The fraction of sp³-hybridized carbons (Fsp3) is 0.214. The summed E-state index contributed by atoms with van der Waals surface area (Å²) in [6.45, 7) is 1.90. The Kier molecular flexibility index (Phi) is 4.16. The zero-order valence-electron chi connectivity index (χ0n) is 10.9. The molecule has 0 saturated heterocycles. The van der Waals surface area contributed by atoms with Crippen molar-refractivity contribution in [2.24, 2.45) is 0 Å². The summed E-state index contributed by atoms with van der Waals surface area (Å²) in [5, 5.41) is 0. The fourth-order valence-electron chi connectivity index (χ4n) is 1.66. The molecule has 100 valence electrons. The van der Waals surface area contributed by atoms with E-state index < -0.39 is 10.8 Å². The number of hydrogen-bond donors (Lipinski definition) is 1. The Morgan fingerprint density at radius 2 is 2.11 bits per heavy atom. The first-order chi connectivity index (χ1) is 9.10. The molecule has 0 radical (unpaired) electrons. The Balaban J connectivity index is 2.18. The van der Waals surface area contributed by atoms with Crippen LogP contribution < -0.4 is 10.5 Å². The van der Waals surface area contributed by atoms with Crippen molar-refractivity contribution in [1.82, 2.24) is 4.98 Å². The average Bonchev–Trinajstić information content (AvgIpc) is 2.42. The third-order valence-corrected chi connectivity index (χ3v) is 4.11. The van der Waals surface area contributed by atoms with Gasteiger partial charge in [-0.3, -0.25) is 4.21 Å². The van der Waals surface area contributed by atoms with Crippen LogP contribution in [0.2, 0.25) is 0 Å². The maximum absolute atomic E-state index is 12.3. The number of nitrogens with two attached hydrogens (primary N) is 1. The second kappa shape index (κ2) is 5.84. The molecule has 1 unspecified atom stereocenters. The molecule has 0 saturated carbocycles. The highest BCUT2D eigenvalue weighted by Crippen LogP contribution is 2.18. The molecule has 0 aliphatic rings. The molecule has 1 atom stereocenters. The van der Waals surface area contributed by atoms with Crippen molar-refractivity contribution in [3.05, 3.63) is 47.7 Å². The number of rotatable bonds is 4. The summed E-state index contributed by atoms with van der Waals surface area (Å²) >= 11 is 0. The molecule has 5 heteroatoms. The van der Waals surface area contributed by atoms with E-state index in [0.29, 0.717) is 17.3 Å². The highest BCUT2D eigenvalue weighted by molar-refractivity contribution is 7.84. The van der Waals surface area contributed by atoms with Gasteiger partial charge in [0.1, 0.15) is 0 Å². The van der Waals surface area contributed by atoms with Gasteiger partial charge in [-0.15, -0.1) is 0 Å². The van der Waals surface area contributed by atoms with Crippen LogP contribution in [0.5, 0.6) is 5.88 Å². The van der Waals surface area contributed by atoms with E-state index in [0.717, 1.165) is 16.2 Å². The van der Waals surface area contributed by atoms with E-state index in [1.165, 1.54) is 0 Å². The van der Waals surface area contributed by atoms with Gasteiger partial charge in [-0.2, -0.15) is 0 Å². The number of benzene rings is 1. The van der Waals surface area contributed by atoms with Crippen LogP contribution in [0, 0.1) is 6.92 Å². The lowest BCUT2D eigenvalue weighted by Gasteiger charge is -2.06. The van der Waals surface area contributed by atoms with Crippen LogP contribution in [-0.2, 0) is 16.6 Å². The zero-order chi connectivity index (χ0) is 13.8. The van der Waals surface area contributed by atoms with E-state index in [1.807, 2.05) is 25.1 Å². The van der Waals surface area contributed by atoms with Crippen LogP contribution in [0.1, 0.15) is 11.3 Å². The maximum atomic E-state index is 12.3. The summed E-state index contributed by atoms with van der Waals surface area (Å²) in [4.78, 5) is 5.02. The predicted octanol–water partition coefficient (Wildman–Crippen LogP) is 2.29. The number of ether oxygens (including phenoxy) is 1. The second-order valence-corrected chi connectivity index (χ2v) is 5.63. The van der Waals surface area contributed by atoms with E-state index in [9.17, 15) is 4.21 Å². The molecule has 0 amide bonds. The summed E-state index contributed by atoms with van der Waals surface area (Å²) in [6, 6.07) is 10.9. The van der Waals surface area contributed by atoms with E-state index in [-0.39, 0.29) is 0 Å². The van der Waals surface area contributed by atoms with Gasteiger partial charge < -0.3 is 10.5 Å². The SMILES string of the molecule is COc1cccc(CS(=O)c2ccc(N)c(C)c2)n1. The fourth-order valence-corrected chi connectivity index (χ4v) is 2.78. The van der Waals surface area contributed by atoms with Crippen LogP contribution >= 0.6 is 0 Å². The number of methoxy groups -OCH3 is 1. The molecule has 2 aromatic rings. The largest absolute Gasteiger partial charge is 0.481 e. The lowest BCUT2D eigenvalue weighted by atomic mass is 10.2. The Morgan fingerprint density at radius 3 is 2.79 bits per heavy atom. The van der Waals surface area contributed by atoms with Gasteiger partial charge in [0.15, 0.2) is 0 Å². The molecule has 2 rings (SSSR count). The van der Waals surface area contributed by atoms with Gasteiger partial charge in [-0.1, -0.05) is 6.07 Å². The molecule has 0 spiro atoms. The third kappa shape index (κ3) is 3.32. The monoisotopic (exact) mass is 276 g/mol. The highest BCUT2D eigenvalue weighted by atomic mass is 32.2. The van der Waals surface area contributed by atoms with Crippen LogP contribution in [0.3, 0.4) is 0 Å². The molecule has 4 nitrogen and oxygen atoms in total. The van der Waals surface area contributed by atoms with Crippen molar-refractivity contribution in [3.63, 3.8) is 0 Å². The van der Waals surface area contributed by atoms with E-state index in [4.69, 9.17) is 10.5 Å².